The number of carbonyl (C=O) groups excluding carboxylic acids is 1. The highest BCUT2D eigenvalue weighted by atomic mass is 16.5. The van der Waals surface area contributed by atoms with Crippen LogP contribution < -0.4 is 0 Å². The topological polar surface area (TPSA) is 53.3 Å². The first-order valence-electron chi connectivity index (χ1n) is 7.42. The van der Waals surface area contributed by atoms with Crippen LogP contribution in [0.5, 0.6) is 0 Å². The lowest BCUT2D eigenvalue weighted by Crippen LogP contribution is -2.43. The summed E-state index contributed by atoms with van der Waals surface area (Å²) >= 11 is 0. The van der Waals surface area contributed by atoms with Crippen LogP contribution in [0, 0.1) is 22.7 Å². The number of rotatable bonds is 6. The van der Waals surface area contributed by atoms with E-state index in [2.05, 4.69) is 6.07 Å². The van der Waals surface area contributed by atoms with Crippen molar-refractivity contribution in [2.24, 2.45) is 11.3 Å². The second kappa shape index (κ2) is 6.38. The zero-order valence-electron chi connectivity index (χ0n) is 11.9. The molecule has 4 heteroatoms. The molecule has 0 aromatic rings. The molecule has 2 aliphatic carbocycles. The van der Waals surface area contributed by atoms with Crippen LogP contribution >= 0.6 is 0 Å². The minimum Gasteiger partial charge on any atom is -0.379 e. The highest BCUT2D eigenvalue weighted by Crippen LogP contribution is 2.37. The summed E-state index contributed by atoms with van der Waals surface area (Å²) in [4.78, 5) is 14.1. The average Bonchev–Trinajstić information content (AvgIpc) is 3.27. The summed E-state index contributed by atoms with van der Waals surface area (Å²) in [7, 11) is 1.79. The molecule has 0 bridgehead atoms. The Labute approximate surface area is 115 Å². The van der Waals surface area contributed by atoms with Crippen LogP contribution in [0.1, 0.15) is 44.9 Å². The van der Waals surface area contributed by atoms with Crippen LogP contribution in [0.4, 0.5) is 0 Å². The van der Waals surface area contributed by atoms with E-state index in [0.717, 1.165) is 44.6 Å². The Kier molecular flexibility index (Phi) is 4.81. The minimum absolute atomic E-state index is 0.00952. The van der Waals surface area contributed by atoms with Crippen LogP contribution in [0.15, 0.2) is 0 Å². The molecule has 0 aliphatic heterocycles. The van der Waals surface area contributed by atoms with Crippen molar-refractivity contribution in [2.75, 3.05) is 26.8 Å². The van der Waals surface area contributed by atoms with Crippen molar-refractivity contribution >= 4 is 5.91 Å². The Morgan fingerprint density at radius 3 is 2.63 bits per heavy atom. The van der Waals surface area contributed by atoms with Gasteiger partial charge in [0.15, 0.2) is 0 Å². The van der Waals surface area contributed by atoms with Gasteiger partial charge in [-0.05, 0) is 31.6 Å². The fourth-order valence-corrected chi connectivity index (χ4v) is 2.73. The molecule has 2 aliphatic rings. The van der Waals surface area contributed by atoms with Gasteiger partial charge in [0.05, 0.1) is 12.7 Å². The molecule has 106 valence electrons. The quantitative estimate of drug-likeness (QED) is 0.692. The first-order chi connectivity index (χ1) is 9.18. The van der Waals surface area contributed by atoms with Crippen molar-refractivity contribution < 1.29 is 9.53 Å². The van der Waals surface area contributed by atoms with Crippen LogP contribution in [0.2, 0.25) is 0 Å². The molecule has 0 unspecified atom stereocenters. The van der Waals surface area contributed by atoms with Gasteiger partial charge in [-0.15, -0.1) is 0 Å². The molecule has 1 amide bonds. The number of carbonyl (C=O) groups is 1. The Balaban J connectivity index is 1.77. The molecule has 0 heterocycles. The summed E-state index contributed by atoms with van der Waals surface area (Å²) in [6.45, 7) is 2.00. The minimum atomic E-state index is -0.760. The maximum absolute atomic E-state index is 12.4. The van der Waals surface area contributed by atoms with Crippen molar-refractivity contribution in [2.45, 2.75) is 44.9 Å². The molecule has 19 heavy (non-hydrogen) atoms. The van der Waals surface area contributed by atoms with Gasteiger partial charge in [-0.25, -0.2) is 0 Å². The molecule has 4 nitrogen and oxygen atoms in total. The lowest BCUT2D eigenvalue weighted by Gasteiger charge is -2.33. The third-order valence-corrected chi connectivity index (χ3v) is 4.30. The van der Waals surface area contributed by atoms with Gasteiger partial charge in [0.1, 0.15) is 5.41 Å². The Morgan fingerprint density at radius 1 is 1.37 bits per heavy atom. The standard InChI is InChI=1S/C15H24N2O2/c1-17(9-10-19-11-13-5-6-13)14(18)15(12-16)7-3-2-4-8-15/h13H,2-11H2,1H3. The highest BCUT2D eigenvalue weighted by molar-refractivity contribution is 5.85. The van der Waals surface area contributed by atoms with Crippen LogP contribution in [0.3, 0.4) is 0 Å². The number of amides is 1. The van der Waals surface area contributed by atoms with Gasteiger partial charge in [-0.1, -0.05) is 19.3 Å². The molecule has 0 radical (unpaired) electrons. The molecule has 0 saturated heterocycles. The zero-order valence-corrected chi connectivity index (χ0v) is 11.9. The molecular formula is C15H24N2O2. The number of hydrogen-bond donors (Lipinski definition) is 0. The van der Waals surface area contributed by atoms with Crippen molar-refractivity contribution in [3.05, 3.63) is 0 Å². The van der Waals surface area contributed by atoms with Crippen molar-refractivity contribution in [3.63, 3.8) is 0 Å². The fourth-order valence-electron chi connectivity index (χ4n) is 2.73. The molecule has 2 fully saturated rings. The number of ether oxygens (including phenoxy) is 1. The maximum Gasteiger partial charge on any atom is 0.242 e. The van der Waals surface area contributed by atoms with Crippen molar-refractivity contribution in [1.29, 1.82) is 5.26 Å². The summed E-state index contributed by atoms with van der Waals surface area (Å²) < 4.78 is 5.56. The fraction of sp³-hybridized carbons (Fsp3) is 0.867. The number of likely N-dealkylation sites (N-methyl/N-ethyl adjacent to an activating group) is 1. The largest absolute Gasteiger partial charge is 0.379 e. The van der Waals surface area contributed by atoms with Crippen LogP contribution in [-0.4, -0.2) is 37.6 Å². The molecule has 0 N–H and O–H groups in total. The molecule has 2 saturated carbocycles. The molecule has 0 aromatic carbocycles. The van der Waals surface area contributed by atoms with Crippen molar-refractivity contribution in [3.8, 4) is 6.07 Å². The second-order valence-electron chi connectivity index (χ2n) is 6.00. The zero-order chi connectivity index (χ0) is 13.7. The summed E-state index contributed by atoms with van der Waals surface area (Å²) in [5.74, 6) is 0.745. The number of nitrogens with zero attached hydrogens (tertiary/aromatic N) is 2. The monoisotopic (exact) mass is 264 g/mol. The first-order valence-corrected chi connectivity index (χ1v) is 7.42. The number of nitriles is 1. The van der Waals surface area contributed by atoms with E-state index in [0.29, 0.717) is 13.2 Å². The molecule has 0 spiro atoms. The Bertz CT molecular complexity index is 352. The van der Waals surface area contributed by atoms with E-state index in [9.17, 15) is 10.1 Å². The predicted octanol–water partition coefficient (Wildman–Crippen LogP) is 2.35. The first kappa shape index (κ1) is 14.3. The molecule has 0 atom stereocenters. The van der Waals surface area contributed by atoms with Crippen LogP contribution in [0.25, 0.3) is 0 Å². The maximum atomic E-state index is 12.4. The Hall–Kier alpha value is -1.08. The van der Waals surface area contributed by atoms with E-state index in [-0.39, 0.29) is 5.91 Å². The second-order valence-corrected chi connectivity index (χ2v) is 6.00. The molecular weight excluding hydrogens is 240 g/mol. The molecule has 2 rings (SSSR count). The Morgan fingerprint density at radius 2 is 2.05 bits per heavy atom. The lowest BCUT2D eigenvalue weighted by molar-refractivity contribution is -0.139. The van der Waals surface area contributed by atoms with E-state index in [1.807, 2.05) is 0 Å². The summed E-state index contributed by atoms with van der Waals surface area (Å²) in [5.41, 5.74) is -0.760. The van der Waals surface area contributed by atoms with E-state index < -0.39 is 5.41 Å². The summed E-state index contributed by atoms with van der Waals surface area (Å²) in [6.07, 6.45) is 7.13. The van der Waals surface area contributed by atoms with E-state index >= 15 is 0 Å². The van der Waals surface area contributed by atoms with Gasteiger partial charge < -0.3 is 9.64 Å². The van der Waals surface area contributed by atoms with Gasteiger partial charge in [-0.2, -0.15) is 5.26 Å². The predicted molar refractivity (Wildman–Crippen MR) is 72.3 cm³/mol. The van der Waals surface area contributed by atoms with Gasteiger partial charge in [0, 0.05) is 20.2 Å². The molecule has 0 aromatic heterocycles. The van der Waals surface area contributed by atoms with E-state index in [1.165, 1.54) is 12.8 Å². The van der Waals surface area contributed by atoms with Gasteiger partial charge >= 0.3 is 0 Å². The van der Waals surface area contributed by atoms with Gasteiger partial charge in [0.25, 0.3) is 0 Å². The van der Waals surface area contributed by atoms with Gasteiger partial charge in [0.2, 0.25) is 5.91 Å². The smallest absolute Gasteiger partial charge is 0.242 e. The third kappa shape index (κ3) is 3.70. The van der Waals surface area contributed by atoms with Crippen molar-refractivity contribution in [1.82, 2.24) is 4.90 Å². The van der Waals surface area contributed by atoms with E-state index in [1.54, 1.807) is 11.9 Å². The number of hydrogen-bond acceptors (Lipinski definition) is 3. The summed E-state index contributed by atoms with van der Waals surface area (Å²) in [5, 5.41) is 9.38. The lowest BCUT2D eigenvalue weighted by atomic mass is 9.74. The van der Waals surface area contributed by atoms with Gasteiger partial charge in [-0.3, -0.25) is 4.79 Å². The normalized spacial score (nSPS) is 21.7. The average molecular weight is 264 g/mol. The van der Waals surface area contributed by atoms with E-state index in [4.69, 9.17) is 4.74 Å². The third-order valence-electron chi connectivity index (χ3n) is 4.30. The van der Waals surface area contributed by atoms with Crippen LogP contribution in [-0.2, 0) is 9.53 Å². The SMILES string of the molecule is CN(CCOCC1CC1)C(=O)C1(C#N)CCCCC1. The highest BCUT2D eigenvalue weighted by Gasteiger charge is 2.41. The summed E-state index contributed by atoms with van der Waals surface area (Å²) in [6, 6.07) is 2.28.